The summed E-state index contributed by atoms with van der Waals surface area (Å²) in [6.45, 7) is 1.66. The second-order valence-corrected chi connectivity index (χ2v) is 9.01. The largest absolute Gasteiger partial charge is 0.337 e. The van der Waals surface area contributed by atoms with Crippen LogP contribution in [0.5, 0.6) is 0 Å². The number of carbonyl (C=O) groups excluding carboxylic acids is 1. The van der Waals surface area contributed by atoms with Crippen molar-refractivity contribution in [2.45, 2.75) is 23.8 Å². The molecule has 0 aliphatic carbocycles. The van der Waals surface area contributed by atoms with Gasteiger partial charge in [-0.15, -0.1) is 21.5 Å². The Morgan fingerprint density at radius 2 is 1.81 bits per heavy atom. The Hall–Kier alpha value is -3.04. The number of para-hydroxylation sites is 1. The van der Waals surface area contributed by atoms with E-state index in [0.29, 0.717) is 11.4 Å². The van der Waals surface area contributed by atoms with E-state index in [-0.39, 0.29) is 5.91 Å². The average molecular weight is 449 g/mol. The van der Waals surface area contributed by atoms with Gasteiger partial charge in [-0.25, -0.2) is 4.98 Å². The number of thiazole rings is 1. The highest BCUT2D eigenvalue weighted by atomic mass is 32.2. The van der Waals surface area contributed by atoms with E-state index in [2.05, 4.69) is 20.2 Å². The van der Waals surface area contributed by atoms with Crippen LogP contribution in [0.3, 0.4) is 0 Å². The number of nitrogens with zero attached hydrogens (tertiary/aromatic N) is 6. The molecule has 0 bridgehead atoms. The molecule has 0 atom stereocenters. The van der Waals surface area contributed by atoms with Crippen molar-refractivity contribution in [1.82, 2.24) is 29.6 Å². The van der Waals surface area contributed by atoms with E-state index in [1.165, 1.54) is 11.3 Å². The Balaban J connectivity index is 1.39. The van der Waals surface area contributed by atoms with Crippen molar-refractivity contribution in [3.8, 4) is 17.1 Å². The van der Waals surface area contributed by atoms with Crippen LogP contribution in [-0.4, -0.2) is 48.6 Å². The van der Waals surface area contributed by atoms with E-state index in [4.69, 9.17) is 0 Å². The predicted octanol–water partition coefficient (Wildman–Crippen LogP) is 4.31. The molecule has 0 radical (unpaired) electrons. The van der Waals surface area contributed by atoms with Crippen molar-refractivity contribution in [1.29, 1.82) is 0 Å². The number of amides is 1. The van der Waals surface area contributed by atoms with Gasteiger partial charge in [-0.3, -0.25) is 14.3 Å². The normalized spacial score (nSPS) is 13.6. The van der Waals surface area contributed by atoms with Crippen LogP contribution in [0.25, 0.3) is 17.1 Å². The van der Waals surface area contributed by atoms with Crippen molar-refractivity contribution >= 4 is 29.0 Å². The smallest absolute Gasteiger partial charge is 0.273 e. The molecular formula is C22H20N6OS2. The first kappa shape index (κ1) is 19.9. The lowest BCUT2D eigenvalue weighted by Crippen LogP contribution is -2.27. The molecule has 1 aliphatic heterocycles. The lowest BCUT2D eigenvalue weighted by atomic mass is 10.2. The van der Waals surface area contributed by atoms with Gasteiger partial charge in [-0.1, -0.05) is 30.0 Å². The van der Waals surface area contributed by atoms with Crippen molar-refractivity contribution in [3.05, 3.63) is 70.9 Å². The Kier molecular flexibility index (Phi) is 5.77. The Bertz CT molecular complexity index is 1170. The van der Waals surface area contributed by atoms with Gasteiger partial charge in [0.05, 0.1) is 5.75 Å². The van der Waals surface area contributed by atoms with Crippen molar-refractivity contribution < 1.29 is 4.79 Å². The zero-order chi connectivity index (χ0) is 21.0. The molecule has 0 spiro atoms. The molecular weight excluding hydrogens is 428 g/mol. The molecule has 0 unspecified atom stereocenters. The molecule has 9 heteroatoms. The average Bonchev–Trinajstić information content (AvgIpc) is 3.59. The molecule has 156 valence electrons. The second-order valence-electron chi connectivity index (χ2n) is 7.13. The monoisotopic (exact) mass is 448 g/mol. The van der Waals surface area contributed by atoms with Gasteiger partial charge < -0.3 is 4.90 Å². The quantitative estimate of drug-likeness (QED) is 0.409. The maximum Gasteiger partial charge on any atom is 0.273 e. The molecule has 4 aromatic rings. The second kappa shape index (κ2) is 8.99. The van der Waals surface area contributed by atoms with E-state index < -0.39 is 0 Å². The van der Waals surface area contributed by atoms with E-state index >= 15 is 0 Å². The molecule has 0 N–H and O–H groups in total. The summed E-state index contributed by atoms with van der Waals surface area (Å²) >= 11 is 3.08. The van der Waals surface area contributed by atoms with Crippen molar-refractivity contribution in [2.75, 3.05) is 13.1 Å². The lowest BCUT2D eigenvalue weighted by molar-refractivity contribution is 0.0787. The summed E-state index contributed by atoms with van der Waals surface area (Å²) in [4.78, 5) is 23.1. The summed E-state index contributed by atoms with van der Waals surface area (Å²) < 4.78 is 2.05. The number of pyridine rings is 1. The number of thioether (sulfide) groups is 1. The van der Waals surface area contributed by atoms with Crippen molar-refractivity contribution in [2.24, 2.45) is 0 Å². The molecule has 5 rings (SSSR count). The summed E-state index contributed by atoms with van der Waals surface area (Å²) in [5.41, 5.74) is 2.49. The van der Waals surface area contributed by atoms with E-state index in [9.17, 15) is 4.79 Å². The maximum absolute atomic E-state index is 12.6. The SMILES string of the molecule is O=C(c1csc(CSc2nnc(-c3ccncc3)n2-c2ccccc2)n1)N1CCCC1. The number of benzene rings is 1. The van der Waals surface area contributed by atoms with Gasteiger partial charge in [0.15, 0.2) is 11.0 Å². The number of carbonyl (C=O) groups is 1. The molecule has 1 aliphatic rings. The fourth-order valence-electron chi connectivity index (χ4n) is 3.55. The fourth-order valence-corrected chi connectivity index (χ4v) is 5.28. The first-order chi connectivity index (χ1) is 15.3. The Morgan fingerprint density at radius 3 is 2.58 bits per heavy atom. The van der Waals surface area contributed by atoms with Gasteiger partial charge in [0.1, 0.15) is 10.7 Å². The van der Waals surface area contributed by atoms with Crippen molar-refractivity contribution in [3.63, 3.8) is 0 Å². The Morgan fingerprint density at radius 1 is 1.03 bits per heavy atom. The van der Waals surface area contributed by atoms with Crippen LogP contribution in [0, 0.1) is 0 Å². The minimum absolute atomic E-state index is 0.0393. The molecule has 1 fully saturated rings. The highest BCUT2D eigenvalue weighted by Crippen LogP contribution is 2.30. The molecule has 4 heterocycles. The first-order valence-electron chi connectivity index (χ1n) is 10.1. The van der Waals surface area contributed by atoms with Crippen LogP contribution in [0.4, 0.5) is 0 Å². The van der Waals surface area contributed by atoms with Gasteiger partial charge >= 0.3 is 0 Å². The number of hydrogen-bond donors (Lipinski definition) is 0. The standard InChI is InChI=1S/C22H20N6OS2/c29-21(27-12-4-5-13-27)18-14-30-19(24-18)15-31-22-26-25-20(16-8-10-23-11-9-16)28(22)17-6-2-1-3-7-17/h1-3,6-11,14H,4-5,12-13,15H2. The zero-order valence-corrected chi connectivity index (χ0v) is 18.4. The van der Waals surface area contributed by atoms with Gasteiger partial charge in [0, 0.05) is 42.1 Å². The minimum Gasteiger partial charge on any atom is -0.337 e. The highest BCUT2D eigenvalue weighted by molar-refractivity contribution is 7.98. The zero-order valence-electron chi connectivity index (χ0n) is 16.7. The molecule has 1 aromatic carbocycles. The third kappa shape index (κ3) is 4.24. The van der Waals surface area contributed by atoms with Gasteiger partial charge in [-0.05, 0) is 37.1 Å². The van der Waals surface area contributed by atoms with Gasteiger partial charge in [0.2, 0.25) is 0 Å². The summed E-state index contributed by atoms with van der Waals surface area (Å²) in [6.07, 6.45) is 5.66. The molecule has 3 aromatic heterocycles. The molecule has 7 nitrogen and oxygen atoms in total. The van der Waals surface area contributed by atoms with Crippen LogP contribution in [0.15, 0.2) is 65.4 Å². The van der Waals surface area contributed by atoms with E-state index in [0.717, 1.165) is 53.2 Å². The third-order valence-corrected chi connectivity index (χ3v) is 7.05. The van der Waals surface area contributed by atoms with Crippen LogP contribution in [0.2, 0.25) is 0 Å². The first-order valence-corrected chi connectivity index (χ1v) is 11.9. The summed E-state index contributed by atoms with van der Waals surface area (Å²) in [6, 6.07) is 13.9. The number of likely N-dealkylation sites (tertiary alicyclic amines) is 1. The predicted molar refractivity (Wildman–Crippen MR) is 121 cm³/mol. The topological polar surface area (TPSA) is 76.8 Å². The van der Waals surface area contributed by atoms with Gasteiger partial charge in [-0.2, -0.15) is 0 Å². The third-order valence-electron chi connectivity index (χ3n) is 5.08. The van der Waals surface area contributed by atoms with Crippen LogP contribution >= 0.6 is 23.1 Å². The van der Waals surface area contributed by atoms with Crippen LogP contribution in [-0.2, 0) is 5.75 Å². The van der Waals surface area contributed by atoms with E-state index in [1.54, 1.807) is 24.2 Å². The van der Waals surface area contributed by atoms with E-state index in [1.807, 2.05) is 57.3 Å². The number of aromatic nitrogens is 5. The van der Waals surface area contributed by atoms with Crippen LogP contribution < -0.4 is 0 Å². The van der Waals surface area contributed by atoms with Crippen LogP contribution in [0.1, 0.15) is 28.3 Å². The molecule has 1 amide bonds. The number of hydrogen-bond acceptors (Lipinski definition) is 7. The molecule has 31 heavy (non-hydrogen) atoms. The maximum atomic E-state index is 12.6. The summed E-state index contributed by atoms with van der Waals surface area (Å²) in [7, 11) is 0. The number of rotatable bonds is 6. The summed E-state index contributed by atoms with van der Waals surface area (Å²) in [5, 5.41) is 12.4. The molecule has 1 saturated heterocycles. The highest BCUT2D eigenvalue weighted by Gasteiger charge is 2.22. The molecule has 0 saturated carbocycles. The summed E-state index contributed by atoms with van der Waals surface area (Å²) in [5.74, 6) is 1.43. The minimum atomic E-state index is 0.0393. The Labute approximate surface area is 188 Å². The fraction of sp³-hybridized carbons (Fsp3) is 0.227. The lowest BCUT2D eigenvalue weighted by Gasteiger charge is -2.12. The van der Waals surface area contributed by atoms with Gasteiger partial charge in [0.25, 0.3) is 5.91 Å².